The van der Waals surface area contributed by atoms with Gasteiger partial charge in [0.15, 0.2) is 0 Å². The molecule has 1 saturated heterocycles. The van der Waals surface area contributed by atoms with Crippen LogP contribution >= 0.6 is 0 Å². The molecule has 0 aliphatic carbocycles. The van der Waals surface area contributed by atoms with Crippen LogP contribution in [0.3, 0.4) is 0 Å². The Morgan fingerprint density at radius 3 is 2.54 bits per heavy atom. The number of unbranched alkanes of at least 4 members (excludes halogenated alkanes) is 1. The van der Waals surface area contributed by atoms with Gasteiger partial charge in [-0.3, -0.25) is 0 Å². The van der Waals surface area contributed by atoms with Crippen molar-refractivity contribution < 1.29 is 23.7 Å². The van der Waals surface area contributed by atoms with E-state index in [4.69, 9.17) is 23.7 Å². The van der Waals surface area contributed by atoms with E-state index in [0.29, 0.717) is 33.0 Å². The van der Waals surface area contributed by atoms with Gasteiger partial charge < -0.3 is 23.7 Å². The molecule has 1 aliphatic rings. The molecule has 1 fully saturated rings. The van der Waals surface area contributed by atoms with Gasteiger partial charge in [-0.25, -0.2) is 0 Å². The van der Waals surface area contributed by atoms with Gasteiger partial charge in [0.05, 0.1) is 39.1 Å². The molecule has 5 nitrogen and oxygen atoms in total. The first-order chi connectivity index (χ1) is 11.9. The molecule has 0 spiro atoms. The monoisotopic (exact) mass is 338 g/mol. The van der Waals surface area contributed by atoms with Crippen molar-refractivity contribution in [2.45, 2.75) is 45.2 Å². The van der Waals surface area contributed by atoms with Crippen molar-refractivity contribution in [1.82, 2.24) is 0 Å². The minimum atomic E-state index is -0.560. The van der Waals surface area contributed by atoms with Crippen LogP contribution in [0.2, 0.25) is 0 Å². The molecule has 0 bridgehead atoms. The van der Waals surface area contributed by atoms with Crippen molar-refractivity contribution in [2.75, 3.05) is 39.6 Å². The average molecular weight is 338 g/mol. The van der Waals surface area contributed by atoms with Crippen LogP contribution in [0.15, 0.2) is 30.3 Å². The molecule has 0 radical (unpaired) electrons. The summed E-state index contributed by atoms with van der Waals surface area (Å²) in [4.78, 5) is 0. The highest BCUT2D eigenvalue weighted by Gasteiger charge is 2.26. The predicted octanol–water partition coefficient (Wildman–Crippen LogP) is 3.17. The number of benzene rings is 1. The lowest BCUT2D eigenvalue weighted by atomic mass is 10.1. The lowest BCUT2D eigenvalue weighted by molar-refractivity contribution is -0.241. The van der Waals surface area contributed by atoms with Gasteiger partial charge in [0.1, 0.15) is 0 Å². The molecule has 0 saturated carbocycles. The maximum absolute atomic E-state index is 5.73. The average Bonchev–Trinajstić information content (AvgIpc) is 3.07. The second kappa shape index (κ2) is 12.4. The Balaban J connectivity index is 1.43. The third kappa shape index (κ3) is 8.22. The van der Waals surface area contributed by atoms with Gasteiger partial charge in [0, 0.05) is 6.61 Å². The van der Waals surface area contributed by atoms with Crippen molar-refractivity contribution in [3.05, 3.63) is 35.9 Å². The summed E-state index contributed by atoms with van der Waals surface area (Å²) in [6.07, 6.45) is 4.29. The van der Waals surface area contributed by atoms with Gasteiger partial charge in [0.2, 0.25) is 0 Å². The Kier molecular flexibility index (Phi) is 9.99. The Bertz CT molecular complexity index is 411. The van der Waals surface area contributed by atoms with E-state index in [-0.39, 0.29) is 6.10 Å². The molecule has 2 rings (SSSR count). The van der Waals surface area contributed by atoms with Crippen LogP contribution in [0, 0.1) is 0 Å². The highest BCUT2D eigenvalue weighted by Crippen LogP contribution is 2.17. The molecular formula is C19H30O5. The molecule has 1 heterocycles. The summed E-state index contributed by atoms with van der Waals surface area (Å²) in [7, 11) is 0. The van der Waals surface area contributed by atoms with Crippen molar-refractivity contribution in [2.24, 2.45) is 0 Å². The number of aryl methyl sites for hydroxylation is 1. The Morgan fingerprint density at radius 1 is 1.00 bits per heavy atom. The first kappa shape index (κ1) is 19.3. The van der Waals surface area contributed by atoms with Crippen LogP contribution in [0.25, 0.3) is 0 Å². The number of rotatable bonds is 13. The Labute approximate surface area is 145 Å². The summed E-state index contributed by atoms with van der Waals surface area (Å²) < 4.78 is 27.6. The quantitative estimate of drug-likeness (QED) is 0.517. The second-order valence-corrected chi connectivity index (χ2v) is 5.85. The van der Waals surface area contributed by atoms with Crippen LogP contribution in [-0.4, -0.2) is 52.2 Å². The van der Waals surface area contributed by atoms with E-state index in [1.165, 1.54) is 5.56 Å². The molecule has 1 aromatic carbocycles. The van der Waals surface area contributed by atoms with Gasteiger partial charge >= 0.3 is 0 Å². The van der Waals surface area contributed by atoms with Crippen molar-refractivity contribution in [3.63, 3.8) is 0 Å². The minimum absolute atomic E-state index is 0.100. The maximum Gasteiger partial charge on any atom is 0.272 e. The summed E-state index contributed by atoms with van der Waals surface area (Å²) in [5.74, 6) is 0. The van der Waals surface area contributed by atoms with Crippen molar-refractivity contribution in [3.8, 4) is 0 Å². The third-order valence-corrected chi connectivity index (χ3v) is 3.82. The number of hydrogen-bond donors (Lipinski definition) is 0. The van der Waals surface area contributed by atoms with Crippen molar-refractivity contribution in [1.29, 1.82) is 0 Å². The fourth-order valence-corrected chi connectivity index (χ4v) is 2.40. The first-order valence-electron chi connectivity index (χ1n) is 8.96. The summed E-state index contributed by atoms with van der Waals surface area (Å²) in [5.41, 5.74) is 1.32. The van der Waals surface area contributed by atoms with Gasteiger partial charge in [-0.2, -0.15) is 0 Å². The smallest absolute Gasteiger partial charge is 0.272 e. The van der Waals surface area contributed by atoms with E-state index in [0.717, 1.165) is 32.3 Å². The van der Waals surface area contributed by atoms with Gasteiger partial charge in [-0.05, 0) is 24.8 Å². The Morgan fingerprint density at radius 2 is 1.75 bits per heavy atom. The normalized spacial score (nSPS) is 20.5. The Hall–Kier alpha value is -0.980. The molecule has 136 valence electrons. The van der Waals surface area contributed by atoms with E-state index in [1.807, 2.05) is 6.07 Å². The molecule has 2 unspecified atom stereocenters. The van der Waals surface area contributed by atoms with E-state index < -0.39 is 6.48 Å². The van der Waals surface area contributed by atoms with Crippen LogP contribution < -0.4 is 0 Å². The van der Waals surface area contributed by atoms with Crippen LogP contribution in [0.5, 0.6) is 0 Å². The summed E-state index contributed by atoms with van der Waals surface area (Å²) in [5, 5.41) is 0. The molecule has 1 aliphatic heterocycles. The van der Waals surface area contributed by atoms with Gasteiger partial charge in [-0.1, -0.05) is 43.7 Å². The fourth-order valence-electron chi connectivity index (χ4n) is 2.40. The highest BCUT2D eigenvalue weighted by molar-refractivity contribution is 5.14. The molecular weight excluding hydrogens is 308 g/mol. The van der Waals surface area contributed by atoms with Crippen molar-refractivity contribution >= 4 is 0 Å². The predicted molar refractivity (Wildman–Crippen MR) is 91.9 cm³/mol. The van der Waals surface area contributed by atoms with E-state index >= 15 is 0 Å². The van der Waals surface area contributed by atoms with Gasteiger partial charge in [0.25, 0.3) is 6.48 Å². The number of hydrogen-bond acceptors (Lipinski definition) is 5. The van der Waals surface area contributed by atoms with E-state index in [1.54, 1.807) is 0 Å². The SMILES string of the molecule is CCCCOCCOCCOC1OCC(CCc2ccccc2)O1. The van der Waals surface area contributed by atoms with Crippen LogP contribution in [0.1, 0.15) is 31.7 Å². The van der Waals surface area contributed by atoms with Gasteiger partial charge in [-0.15, -0.1) is 0 Å². The molecule has 5 heteroatoms. The third-order valence-electron chi connectivity index (χ3n) is 3.82. The molecule has 0 amide bonds. The topological polar surface area (TPSA) is 46.2 Å². The zero-order chi connectivity index (χ0) is 16.9. The molecule has 0 aromatic heterocycles. The summed E-state index contributed by atoms with van der Waals surface area (Å²) in [6.45, 7) is 5.21. The molecule has 0 N–H and O–H groups in total. The molecule has 1 aromatic rings. The summed E-state index contributed by atoms with van der Waals surface area (Å²) >= 11 is 0. The maximum atomic E-state index is 5.73. The van der Waals surface area contributed by atoms with Crippen LogP contribution in [-0.2, 0) is 30.1 Å². The lowest BCUT2D eigenvalue weighted by Gasteiger charge is -2.12. The summed E-state index contributed by atoms with van der Waals surface area (Å²) in [6, 6.07) is 10.4. The van der Waals surface area contributed by atoms with Crippen LogP contribution in [0.4, 0.5) is 0 Å². The fraction of sp³-hybridized carbons (Fsp3) is 0.684. The second-order valence-electron chi connectivity index (χ2n) is 5.85. The van der Waals surface area contributed by atoms with E-state index in [9.17, 15) is 0 Å². The largest absolute Gasteiger partial charge is 0.379 e. The molecule has 2 atom stereocenters. The zero-order valence-corrected chi connectivity index (χ0v) is 14.7. The standard InChI is InChI=1S/C19H30O5/c1-2-3-11-20-12-13-21-14-15-22-19-23-16-18(24-19)10-9-17-7-5-4-6-8-17/h4-8,18-19H,2-3,9-16H2,1H3. The van der Waals surface area contributed by atoms with E-state index in [2.05, 4.69) is 31.2 Å². The lowest BCUT2D eigenvalue weighted by Crippen LogP contribution is -2.19. The minimum Gasteiger partial charge on any atom is -0.379 e. The first-order valence-corrected chi connectivity index (χ1v) is 8.96. The molecule has 24 heavy (non-hydrogen) atoms. The number of ether oxygens (including phenoxy) is 5. The highest BCUT2D eigenvalue weighted by atomic mass is 16.9. The zero-order valence-electron chi connectivity index (χ0n) is 14.7.